The normalized spacial score (nSPS) is 10.3. The molecule has 0 radical (unpaired) electrons. The molecule has 94 valence electrons. The molecule has 2 rings (SSSR count). The van der Waals surface area contributed by atoms with Crippen LogP contribution in [0.4, 0.5) is 0 Å². The lowest BCUT2D eigenvalue weighted by Crippen LogP contribution is -1.97. The number of hydrogen-bond donors (Lipinski definition) is 2. The number of carboxylic acids is 1. The van der Waals surface area contributed by atoms with Crippen LogP contribution in [0.1, 0.15) is 0 Å². The van der Waals surface area contributed by atoms with Crippen molar-refractivity contribution in [3.63, 3.8) is 0 Å². The van der Waals surface area contributed by atoms with Crippen LogP contribution in [0.3, 0.4) is 0 Å². The molecule has 0 saturated heterocycles. The molecule has 1 aromatic heterocycles. The molecule has 0 fully saturated rings. The maximum absolute atomic E-state index is 10.5. The summed E-state index contributed by atoms with van der Waals surface area (Å²) in [6.45, 7) is 0. The second-order valence-corrected chi connectivity index (χ2v) is 4.48. The monoisotopic (exact) mass is 264 g/mol. The van der Waals surface area contributed by atoms with E-state index in [0.717, 1.165) is 28.8 Å². The second-order valence-electron chi connectivity index (χ2n) is 3.52. The first-order chi connectivity index (χ1) is 8.69. The minimum atomic E-state index is -0.862. The summed E-state index contributed by atoms with van der Waals surface area (Å²) in [6, 6.07) is 7.57. The fourth-order valence-corrected chi connectivity index (χ4v) is 2.01. The molecule has 0 amide bonds. The Kier molecular flexibility index (Phi) is 3.88. The van der Waals surface area contributed by atoms with Crippen molar-refractivity contribution in [1.29, 1.82) is 0 Å². The first kappa shape index (κ1) is 12.5. The predicted octanol–water partition coefficient (Wildman–Crippen LogP) is 2.26. The minimum absolute atomic E-state index is 0.00886. The lowest BCUT2D eigenvalue weighted by molar-refractivity contribution is -0.133. The molecular weight excluding hydrogens is 252 g/mol. The Labute approximate surface area is 108 Å². The number of rotatable bonds is 5. The van der Waals surface area contributed by atoms with E-state index >= 15 is 0 Å². The van der Waals surface area contributed by atoms with E-state index in [1.807, 2.05) is 24.3 Å². The van der Waals surface area contributed by atoms with Gasteiger partial charge < -0.3 is 14.8 Å². The van der Waals surface area contributed by atoms with Crippen molar-refractivity contribution in [2.45, 2.75) is 5.16 Å². The van der Waals surface area contributed by atoms with E-state index in [4.69, 9.17) is 9.84 Å². The maximum atomic E-state index is 10.5. The van der Waals surface area contributed by atoms with E-state index < -0.39 is 5.97 Å². The third kappa shape index (κ3) is 3.04. The smallest absolute Gasteiger partial charge is 0.313 e. The molecule has 0 unspecified atom stereocenters. The Hall–Kier alpha value is -1.95. The number of methoxy groups -OCH3 is 1. The molecule has 18 heavy (non-hydrogen) atoms. The van der Waals surface area contributed by atoms with E-state index in [2.05, 4.69) is 9.97 Å². The summed E-state index contributed by atoms with van der Waals surface area (Å²) in [7, 11) is 1.61. The van der Waals surface area contributed by atoms with E-state index in [1.54, 1.807) is 13.3 Å². The van der Waals surface area contributed by atoms with Crippen LogP contribution in [0.5, 0.6) is 5.75 Å². The fourth-order valence-electron chi connectivity index (χ4n) is 1.44. The number of aromatic nitrogens is 2. The lowest BCUT2D eigenvalue weighted by Gasteiger charge is -2.01. The Morgan fingerprint density at radius 1 is 1.56 bits per heavy atom. The van der Waals surface area contributed by atoms with Gasteiger partial charge in [0, 0.05) is 5.56 Å². The van der Waals surface area contributed by atoms with Crippen molar-refractivity contribution in [3.8, 4) is 17.0 Å². The summed E-state index contributed by atoms with van der Waals surface area (Å²) in [6.07, 6.45) is 1.68. The van der Waals surface area contributed by atoms with E-state index in [-0.39, 0.29) is 5.75 Å². The van der Waals surface area contributed by atoms with Gasteiger partial charge in [0.05, 0.1) is 24.8 Å². The summed E-state index contributed by atoms with van der Waals surface area (Å²) < 4.78 is 5.14. The Morgan fingerprint density at radius 2 is 2.39 bits per heavy atom. The number of nitrogens with one attached hydrogen (secondary N) is 1. The third-order valence-electron chi connectivity index (χ3n) is 2.27. The highest BCUT2D eigenvalue weighted by Crippen LogP contribution is 2.24. The van der Waals surface area contributed by atoms with Gasteiger partial charge in [-0.3, -0.25) is 4.79 Å². The number of ether oxygens (including phenoxy) is 1. The molecule has 5 nitrogen and oxygen atoms in total. The molecule has 0 atom stereocenters. The van der Waals surface area contributed by atoms with E-state index in [1.165, 1.54) is 0 Å². The molecule has 2 N–H and O–H groups in total. The Morgan fingerprint density at radius 3 is 3.11 bits per heavy atom. The lowest BCUT2D eigenvalue weighted by atomic mass is 10.1. The van der Waals surface area contributed by atoms with Gasteiger partial charge in [0.2, 0.25) is 0 Å². The third-order valence-corrected chi connectivity index (χ3v) is 3.14. The van der Waals surface area contributed by atoms with Crippen molar-refractivity contribution in [2.75, 3.05) is 12.9 Å². The number of carboxylic acid groups (broad SMARTS) is 1. The topological polar surface area (TPSA) is 75.2 Å². The summed E-state index contributed by atoms with van der Waals surface area (Å²) in [5.41, 5.74) is 1.78. The number of aromatic amines is 1. The maximum Gasteiger partial charge on any atom is 0.313 e. The van der Waals surface area contributed by atoms with Crippen molar-refractivity contribution in [2.24, 2.45) is 0 Å². The first-order valence-corrected chi connectivity index (χ1v) is 6.21. The molecule has 1 heterocycles. The van der Waals surface area contributed by atoms with Crippen LogP contribution in [0.2, 0.25) is 0 Å². The van der Waals surface area contributed by atoms with Crippen molar-refractivity contribution in [1.82, 2.24) is 9.97 Å². The summed E-state index contributed by atoms with van der Waals surface area (Å²) >= 11 is 1.16. The zero-order chi connectivity index (χ0) is 13.0. The highest BCUT2D eigenvalue weighted by molar-refractivity contribution is 7.99. The summed E-state index contributed by atoms with van der Waals surface area (Å²) in [4.78, 5) is 17.6. The molecule has 0 saturated carbocycles. The first-order valence-electron chi connectivity index (χ1n) is 5.23. The zero-order valence-electron chi connectivity index (χ0n) is 9.71. The number of imidazole rings is 1. The van der Waals surface area contributed by atoms with Gasteiger partial charge in [-0.1, -0.05) is 23.9 Å². The van der Waals surface area contributed by atoms with Gasteiger partial charge >= 0.3 is 5.97 Å². The van der Waals surface area contributed by atoms with Crippen molar-refractivity contribution < 1.29 is 14.6 Å². The number of nitrogens with zero attached hydrogens (tertiary/aromatic N) is 1. The van der Waals surface area contributed by atoms with Crippen LogP contribution in [-0.2, 0) is 4.79 Å². The largest absolute Gasteiger partial charge is 0.497 e. The Bertz CT molecular complexity index is 554. The van der Waals surface area contributed by atoms with E-state index in [9.17, 15) is 4.79 Å². The molecule has 6 heteroatoms. The van der Waals surface area contributed by atoms with Gasteiger partial charge in [-0.25, -0.2) is 4.98 Å². The predicted molar refractivity (Wildman–Crippen MR) is 68.9 cm³/mol. The number of hydrogen-bond acceptors (Lipinski definition) is 4. The van der Waals surface area contributed by atoms with Crippen LogP contribution in [0, 0.1) is 0 Å². The zero-order valence-corrected chi connectivity index (χ0v) is 10.5. The molecule has 2 aromatic rings. The van der Waals surface area contributed by atoms with Gasteiger partial charge in [0.1, 0.15) is 5.75 Å². The van der Waals surface area contributed by atoms with Gasteiger partial charge in [-0.15, -0.1) is 0 Å². The van der Waals surface area contributed by atoms with Gasteiger partial charge in [-0.2, -0.15) is 0 Å². The van der Waals surface area contributed by atoms with Gasteiger partial charge in [-0.05, 0) is 12.1 Å². The molecule has 0 aliphatic heterocycles. The van der Waals surface area contributed by atoms with Crippen molar-refractivity contribution >= 4 is 17.7 Å². The standard InChI is InChI=1S/C12H12N2O3S/c1-17-9-4-2-3-8(5-9)10-6-13-12(14-10)18-7-11(15)16/h2-6H,7H2,1H3,(H,13,14)(H,15,16). The summed E-state index contributed by atoms with van der Waals surface area (Å²) in [5, 5.41) is 9.18. The number of carbonyl (C=O) groups is 1. The summed E-state index contributed by atoms with van der Waals surface area (Å²) in [5.74, 6) is -0.105. The van der Waals surface area contributed by atoms with Crippen molar-refractivity contribution in [3.05, 3.63) is 30.5 Å². The van der Waals surface area contributed by atoms with Gasteiger partial charge in [0.25, 0.3) is 0 Å². The molecule has 0 bridgehead atoms. The highest BCUT2D eigenvalue weighted by Gasteiger charge is 2.06. The van der Waals surface area contributed by atoms with Gasteiger partial charge in [0.15, 0.2) is 5.16 Å². The quantitative estimate of drug-likeness (QED) is 0.810. The fraction of sp³-hybridized carbons (Fsp3) is 0.167. The highest BCUT2D eigenvalue weighted by atomic mass is 32.2. The van der Waals surface area contributed by atoms with Crippen LogP contribution in [-0.4, -0.2) is 33.9 Å². The number of thioether (sulfide) groups is 1. The number of H-pyrrole nitrogens is 1. The number of aliphatic carboxylic acids is 1. The Balaban J connectivity index is 2.15. The molecule has 1 aromatic carbocycles. The molecular formula is C12H12N2O3S. The second kappa shape index (κ2) is 5.59. The minimum Gasteiger partial charge on any atom is -0.497 e. The SMILES string of the molecule is COc1cccc(-c2cnc(SCC(=O)O)[nH]2)c1. The van der Waals surface area contributed by atoms with Crippen LogP contribution in [0.25, 0.3) is 11.3 Å². The van der Waals surface area contributed by atoms with Crippen LogP contribution < -0.4 is 4.74 Å². The average Bonchev–Trinajstić information content (AvgIpc) is 2.85. The van der Waals surface area contributed by atoms with Crippen LogP contribution >= 0.6 is 11.8 Å². The van der Waals surface area contributed by atoms with Crippen LogP contribution in [0.15, 0.2) is 35.6 Å². The van der Waals surface area contributed by atoms with E-state index in [0.29, 0.717) is 5.16 Å². The molecule has 0 spiro atoms. The molecule has 0 aliphatic rings. The average molecular weight is 264 g/mol. The number of benzene rings is 1. The molecule has 0 aliphatic carbocycles.